The SMILES string of the molecule is CSCc1nnc(C(F)(F)F)o1. The third-order valence-corrected chi connectivity index (χ3v) is 1.51. The smallest absolute Gasteiger partial charge is 0.417 e. The molecule has 12 heavy (non-hydrogen) atoms. The highest BCUT2D eigenvalue weighted by Crippen LogP contribution is 2.28. The minimum absolute atomic E-state index is 0.00479. The van der Waals surface area contributed by atoms with E-state index in [2.05, 4.69) is 14.6 Å². The van der Waals surface area contributed by atoms with Gasteiger partial charge in [0.15, 0.2) is 0 Å². The second-order valence-electron chi connectivity index (χ2n) is 1.93. The van der Waals surface area contributed by atoms with Crippen molar-refractivity contribution in [3.8, 4) is 0 Å². The second kappa shape index (κ2) is 3.34. The predicted octanol–water partition coefficient (Wildman–Crippen LogP) is 1.95. The van der Waals surface area contributed by atoms with Crippen molar-refractivity contribution in [3.63, 3.8) is 0 Å². The van der Waals surface area contributed by atoms with Crippen LogP contribution in [0.15, 0.2) is 4.42 Å². The number of nitrogens with zero attached hydrogens (tertiary/aromatic N) is 2. The first-order valence-corrected chi connectivity index (χ1v) is 4.32. The molecule has 0 fully saturated rings. The molecule has 0 aliphatic carbocycles. The molecule has 0 aliphatic rings. The molecule has 0 saturated carbocycles. The standard InChI is InChI=1S/C5H5F3N2OS/c1-12-2-3-9-10-4(11-3)5(6,7)8/h2H2,1H3. The summed E-state index contributed by atoms with van der Waals surface area (Å²) in [4.78, 5) is 0. The molecular weight excluding hydrogens is 193 g/mol. The lowest BCUT2D eigenvalue weighted by atomic mass is 10.7. The van der Waals surface area contributed by atoms with Gasteiger partial charge in [0.1, 0.15) is 0 Å². The van der Waals surface area contributed by atoms with Crippen molar-refractivity contribution in [2.75, 3.05) is 6.26 Å². The van der Waals surface area contributed by atoms with Crippen molar-refractivity contribution >= 4 is 11.8 Å². The van der Waals surface area contributed by atoms with Crippen molar-refractivity contribution in [1.82, 2.24) is 10.2 Å². The summed E-state index contributed by atoms with van der Waals surface area (Å²) < 4.78 is 39.8. The molecule has 3 nitrogen and oxygen atoms in total. The van der Waals surface area contributed by atoms with E-state index >= 15 is 0 Å². The first kappa shape index (κ1) is 9.37. The van der Waals surface area contributed by atoms with Gasteiger partial charge in [-0.15, -0.1) is 10.2 Å². The lowest BCUT2D eigenvalue weighted by Crippen LogP contribution is -2.04. The highest BCUT2D eigenvalue weighted by atomic mass is 32.2. The van der Waals surface area contributed by atoms with Gasteiger partial charge in [-0.2, -0.15) is 24.9 Å². The van der Waals surface area contributed by atoms with E-state index in [1.54, 1.807) is 6.26 Å². The van der Waals surface area contributed by atoms with E-state index in [0.29, 0.717) is 5.75 Å². The fraction of sp³-hybridized carbons (Fsp3) is 0.600. The topological polar surface area (TPSA) is 38.9 Å². The first-order valence-electron chi connectivity index (χ1n) is 2.92. The van der Waals surface area contributed by atoms with Gasteiger partial charge < -0.3 is 4.42 Å². The zero-order chi connectivity index (χ0) is 9.19. The maximum absolute atomic E-state index is 11.8. The fourth-order valence-corrected chi connectivity index (χ4v) is 0.914. The fourth-order valence-electron chi connectivity index (χ4n) is 0.550. The molecule has 7 heteroatoms. The Bertz CT molecular complexity index is 259. The van der Waals surface area contributed by atoms with Gasteiger partial charge in [0.25, 0.3) is 0 Å². The van der Waals surface area contributed by atoms with Gasteiger partial charge in [0.05, 0.1) is 5.75 Å². The molecule has 0 aliphatic heterocycles. The Labute approximate surface area is 70.3 Å². The van der Waals surface area contributed by atoms with Crippen LogP contribution < -0.4 is 0 Å². The second-order valence-corrected chi connectivity index (χ2v) is 2.80. The van der Waals surface area contributed by atoms with Crippen molar-refractivity contribution in [3.05, 3.63) is 11.8 Å². The van der Waals surface area contributed by atoms with Crippen molar-refractivity contribution in [1.29, 1.82) is 0 Å². The molecule has 0 bridgehead atoms. The molecule has 0 atom stereocenters. The molecule has 1 rings (SSSR count). The minimum atomic E-state index is -4.54. The number of halogens is 3. The van der Waals surface area contributed by atoms with Gasteiger partial charge in [-0.1, -0.05) is 0 Å². The van der Waals surface area contributed by atoms with Gasteiger partial charge in [0.2, 0.25) is 5.89 Å². The zero-order valence-corrected chi connectivity index (χ0v) is 6.87. The van der Waals surface area contributed by atoms with E-state index in [1.165, 1.54) is 11.8 Å². The molecule has 0 N–H and O–H groups in total. The van der Waals surface area contributed by atoms with E-state index in [0.717, 1.165) is 0 Å². The molecule has 1 aromatic rings. The molecule has 0 saturated heterocycles. The summed E-state index contributed by atoms with van der Waals surface area (Å²) in [6.45, 7) is 0. The summed E-state index contributed by atoms with van der Waals surface area (Å²) in [7, 11) is 0. The average Bonchev–Trinajstić information content (AvgIpc) is 2.35. The quantitative estimate of drug-likeness (QED) is 0.728. The zero-order valence-electron chi connectivity index (χ0n) is 6.05. The van der Waals surface area contributed by atoms with E-state index in [-0.39, 0.29) is 5.89 Å². The Morgan fingerprint density at radius 1 is 1.42 bits per heavy atom. The van der Waals surface area contributed by atoms with Gasteiger partial charge in [-0.3, -0.25) is 0 Å². The highest BCUT2D eigenvalue weighted by molar-refractivity contribution is 7.97. The maximum atomic E-state index is 11.8. The number of hydrogen-bond donors (Lipinski definition) is 0. The number of aromatic nitrogens is 2. The average molecular weight is 198 g/mol. The van der Waals surface area contributed by atoms with Crippen LogP contribution in [-0.2, 0) is 11.9 Å². The number of alkyl halides is 3. The number of hydrogen-bond acceptors (Lipinski definition) is 4. The van der Waals surface area contributed by atoms with Crippen LogP contribution in [0.1, 0.15) is 11.8 Å². The Morgan fingerprint density at radius 3 is 2.50 bits per heavy atom. The molecule has 68 valence electrons. The number of rotatable bonds is 2. The monoisotopic (exact) mass is 198 g/mol. The normalized spacial score (nSPS) is 12.0. The van der Waals surface area contributed by atoms with E-state index < -0.39 is 12.1 Å². The van der Waals surface area contributed by atoms with Crippen LogP contribution in [0.25, 0.3) is 0 Å². The van der Waals surface area contributed by atoms with Gasteiger partial charge in [-0.05, 0) is 6.26 Å². The lowest BCUT2D eigenvalue weighted by Gasteiger charge is -1.96. The predicted molar refractivity (Wildman–Crippen MR) is 36.5 cm³/mol. The molecule has 0 amide bonds. The van der Waals surface area contributed by atoms with Crippen molar-refractivity contribution in [2.24, 2.45) is 0 Å². The highest BCUT2D eigenvalue weighted by Gasteiger charge is 2.37. The number of thioether (sulfide) groups is 1. The Kier molecular flexibility index (Phi) is 2.61. The molecule has 0 aromatic carbocycles. The minimum Gasteiger partial charge on any atom is -0.417 e. The summed E-state index contributed by atoms with van der Waals surface area (Å²) in [5.74, 6) is -0.996. The van der Waals surface area contributed by atoms with Crippen LogP contribution in [0.5, 0.6) is 0 Å². The summed E-state index contributed by atoms with van der Waals surface area (Å²) in [6, 6.07) is 0. The maximum Gasteiger partial charge on any atom is 0.470 e. The van der Waals surface area contributed by atoms with Crippen LogP contribution >= 0.6 is 11.8 Å². The summed E-state index contributed by atoms with van der Waals surface area (Å²) in [6.07, 6.45) is -2.80. The van der Waals surface area contributed by atoms with E-state index in [4.69, 9.17) is 0 Å². The first-order chi connectivity index (χ1) is 5.54. The van der Waals surface area contributed by atoms with Gasteiger partial charge >= 0.3 is 12.1 Å². The molecule has 0 radical (unpaired) electrons. The van der Waals surface area contributed by atoms with Crippen LogP contribution in [0, 0.1) is 0 Å². The Balaban J connectivity index is 2.77. The van der Waals surface area contributed by atoms with Crippen LogP contribution in [0.3, 0.4) is 0 Å². The van der Waals surface area contributed by atoms with Gasteiger partial charge in [0, 0.05) is 0 Å². The molecular formula is C5H5F3N2OS. The van der Waals surface area contributed by atoms with E-state index in [1.807, 2.05) is 0 Å². The van der Waals surface area contributed by atoms with Crippen LogP contribution in [0.2, 0.25) is 0 Å². The summed E-state index contributed by atoms with van der Waals surface area (Å²) in [5, 5.41) is 6.07. The summed E-state index contributed by atoms with van der Waals surface area (Å²) in [5.41, 5.74) is 0. The summed E-state index contributed by atoms with van der Waals surface area (Å²) >= 11 is 1.32. The molecule has 1 heterocycles. The molecule has 1 aromatic heterocycles. The van der Waals surface area contributed by atoms with Crippen LogP contribution in [-0.4, -0.2) is 16.5 Å². The molecule has 0 spiro atoms. The van der Waals surface area contributed by atoms with Crippen molar-refractivity contribution < 1.29 is 17.6 Å². The Morgan fingerprint density at radius 2 is 2.08 bits per heavy atom. The third-order valence-electron chi connectivity index (χ3n) is 0.977. The van der Waals surface area contributed by atoms with E-state index in [9.17, 15) is 13.2 Å². The lowest BCUT2D eigenvalue weighted by molar-refractivity contribution is -0.157. The largest absolute Gasteiger partial charge is 0.470 e. The third kappa shape index (κ3) is 2.13. The Hall–Kier alpha value is -0.720. The van der Waals surface area contributed by atoms with Crippen LogP contribution in [0.4, 0.5) is 13.2 Å². The molecule has 0 unspecified atom stereocenters. The van der Waals surface area contributed by atoms with Crippen molar-refractivity contribution in [2.45, 2.75) is 11.9 Å². The van der Waals surface area contributed by atoms with Gasteiger partial charge in [-0.25, -0.2) is 0 Å².